The normalized spacial score (nSPS) is 13.2. The van der Waals surface area contributed by atoms with Crippen molar-refractivity contribution in [2.45, 2.75) is 64.8 Å². The van der Waals surface area contributed by atoms with Crippen molar-refractivity contribution in [3.63, 3.8) is 0 Å². The monoisotopic (exact) mass is 507 g/mol. The van der Waals surface area contributed by atoms with Gasteiger partial charge in [0, 0.05) is 37.1 Å². The maximum atomic E-state index is 12.9. The molecule has 0 bridgehead atoms. The van der Waals surface area contributed by atoms with Crippen LogP contribution in [0.4, 0.5) is 0 Å². The molecule has 11 heteroatoms. The van der Waals surface area contributed by atoms with Gasteiger partial charge in [-0.3, -0.25) is 24.1 Å². The minimum atomic E-state index is -1.68. The Balaban J connectivity index is 2.59. The number of hydroxylamine groups is 2. The van der Waals surface area contributed by atoms with Crippen LogP contribution in [-0.4, -0.2) is 82.6 Å². The Kier molecular flexibility index (Phi) is 14.3. The van der Waals surface area contributed by atoms with E-state index in [1.54, 1.807) is 24.0 Å². The molecule has 0 fully saturated rings. The third-order valence-electron chi connectivity index (χ3n) is 5.00. The summed E-state index contributed by atoms with van der Waals surface area (Å²) in [6.45, 7) is 5.91. The Labute approximate surface area is 211 Å². The minimum absolute atomic E-state index is 0.0393. The topological polar surface area (TPSA) is 158 Å². The van der Waals surface area contributed by atoms with Crippen LogP contribution in [-0.2, 0) is 14.5 Å². The van der Waals surface area contributed by atoms with Crippen molar-refractivity contribution in [1.82, 2.24) is 15.9 Å². The third kappa shape index (κ3) is 10.7. The van der Waals surface area contributed by atoms with Crippen molar-refractivity contribution >= 4 is 17.7 Å². The summed E-state index contributed by atoms with van der Waals surface area (Å²) in [4.78, 5) is 48.3. The molecule has 3 atom stereocenters. The molecular formula is C25H37N3O8. The molecular weight excluding hydrogens is 470 g/mol. The number of amides is 3. The van der Waals surface area contributed by atoms with Gasteiger partial charge >= 0.3 is 0 Å². The van der Waals surface area contributed by atoms with Crippen LogP contribution < -0.4 is 11.0 Å². The van der Waals surface area contributed by atoms with Crippen molar-refractivity contribution in [3.05, 3.63) is 34.9 Å². The van der Waals surface area contributed by atoms with E-state index in [2.05, 4.69) is 16.9 Å². The van der Waals surface area contributed by atoms with Gasteiger partial charge in [0.1, 0.15) is 31.5 Å². The summed E-state index contributed by atoms with van der Waals surface area (Å²) < 4.78 is 0. The molecule has 0 aromatic heterocycles. The van der Waals surface area contributed by atoms with Gasteiger partial charge in [-0.2, -0.15) is 0 Å². The molecule has 1 unspecified atom stereocenters. The summed E-state index contributed by atoms with van der Waals surface area (Å²) in [5.41, 5.74) is 5.49. The number of aryl methyl sites for hydroxylation is 1. The van der Waals surface area contributed by atoms with Crippen LogP contribution in [0.1, 0.15) is 65.8 Å². The number of carbonyl (C=O) groups excluding carboxylic acids is 3. The summed E-state index contributed by atoms with van der Waals surface area (Å²) in [6, 6.07) is 4.76. The number of nitrogens with one attached hydrogen (secondary N) is 2. The van der Waals surface area contributed by atoms with Crippen molar-refractivity contribution in [2.75, 3.05) is 26.3 Å². The fourth-order valence-electron chi connectivity index (χ4n) is 3.22. The molecule has 200 valence electrons. The number of carbonyl (C=O) groups is 3. The van der Waals surface area contributed by atoms with Crippen LogP contribution >= 0.6 is 0 Å². The highest BCUT2D eigenvalue weighted by molar-refractivity contribution is 5.99. The first-order chi connectivity index (χ1) is 17.1. The predicted octanol–water partition coefficient (Wildman–Crippen LogP) is 0.463. The van der Waals surface area contributed by atoms with Gasteiger partial charge in [-0.1, -0.05) is 13.8 Å². The van der Waals surface area contributed by atoms with E-state index in [4.69, 9.17) is 16.1 Å². The van der Waals surface area contributed by atoms with E-state index in [0.717, 1.165) is 12.8 Å². The summed E-state index contributed by atoms with van der Waals surface area (Å²) in [5, 5.41) is 29.9. The highest BCUT2D eigenvalue weighted by Gasteiger charge is 2.26. The molecule has 0 aliphatic carbocycles. The van der Waals surface area contributed by atoms with E-state index < -0.39 is 43.3 Å². The average Bonchev–Trinajstić information content (AvgIpc) is 2.85. The largest absolute Gasteiger partial charge is 0.388 e. The second-order valence-electron chi connectivity index (χ2n) is 8.29. The van der Waals surface area contributed by atoms with Crippen LogP contribution in [0.25, 0.3) is 0 Å². The number of aliphatic hydroxyl groups excluding tert-OH is 3. The number of terminal acetylenes is 1. The van der Waals surface area contributed by atoms with E-state index in [9.17, 15) is 29.7 Å². The number of hydrogen-bond acceptors (Lipinski definition) is 8. The zero-order valence-corrected chi connectivity index (χ0v) is 21.0. The molecule has 0 saturated carbocycles. The van der Waals surface area contributed by atoms with Crippen LogP contribution in [0.2, 0.25) is 0 Å². The molecule has 3 amide bonds. The van der Waals surface area contributed by atoms with Gasteiger partial charge in [0.05, 0.1) is 0 Å². The Bertz CT molecular complexity index is 896. The first-order valence-corrected chi connectivity index (χ1v) is 11.9. The number of benzene rings is 1. The lowest BCUT2D eigenvalue weighted by molar-refractivity contribution is -0.145. The third-order valence-corrected chi connectivity index (χ3v) is 5.00. The van der Waals surface area contributed by atoms with Crippen LogP contribution in [0, 0.1) is 19.3 Å². The minimum Gasteiger partial charge on any atom is -0.388 e. The Hall–Kier alpha value is -3.01. The lowest BCUT2D eigenvalue weighted by Crippen LogP contribution is -2.44. The quantitative estimate of drug-likeness (QED) is 0.160. The number of aliphatic hydroxyl groups is 3. The van der Waals surface area contributed by atoms with E-state index in [0.29, 0.717) is 24.2 Å². The number of nitrogens with zero attached hydrogens (tertiary/aromatic N) is 1. The summed E-state index contributed by atoms with van der Waals surface area (Å²) >= 11 is 0. The Morgan fingerprint density at radius 2 is 1.53 bits per heavy atom. The second kappa shape index (κ2) is 16.6. The molecule has 0 aliphatic rings. The molecule has 1 aromatic rings. The second-order valence-corrected chi connectivity index (χ2v) is 8.29. The highest BCUT2D eigenvalue weighted by Crippen LogP contribution is 2.13. The Morgan fingerprint density at radius 3 is 2.08 bits per heavy atom. The number of rotatable bonds is 16. The van der Waals surface area contributed by atoms with Crippen molar-refractivity contribution in [3.8, 4) is 12.3 Å². The molecule has 36 heavy (non-hydrogen) atoms. The lowest BCUT2D eigenvalue weighted by Gasteiger charge is -2.23. The molecule has 1 aromatic carbocycles. The fourth-order valence-corrected chi connectivity index (χ4v) is 3.22. The van der Waals surface area contributed by atoms with Gasteiger partial charge in [-0.25, -0.2) is 11.0 Å². The van der Waals surface area contributed by atoms with Gasteiger partial charge in [0.15, 0.2) is 0 Å². The van der Waals surface area contributed by atoms with Gasteiger partial charge in [-0.05, 0) is 43.5 Å². The van der Waals surface area contributed by atoms with Crippen LogP contribution in [0.5, 0.6) is 0 Å². The first-order valence-electron chi connectivity index (χ1n) is 11.9. The zero-order valence-electron chi connectivity index (χ0n) is 21.0. The van der Waals surface area contributed by atoms with Crippen molar-refractivity contribution < 1.29 is 39.4 Å². The summed E-state index contributed by atoms with van der Waals surface area (Å²) in [6.07, 6.45) is 2.13. The SMILES string of the molecule is C#CCCC(=O)NOCC(O)[C@@H](O)[C@@H](O)CONC(=O)c1cc(C)cc(C(=O)N(CCC)CCC)c1. The smallest absolute Gasteiger partial charge is 0.274 e. The van der Waals surface area contributed by atoms with Crippen LogP contribution in [0.15, 0.2) is 18.2 Å². The maximum Gasteiger partial charge on any atom is 0.274 e. The molecule has 5 N–H and O–H groups in total. The summed E-state index contributed by atoms with van der Waals surface area (Å²) in [7, 11) is 0. The lowest BCUT2D eigenvalue weighted by atomic mass is 10.0. The molecule has 11 nitrogen and oxygen atoms in total. The standard InChI is InChI=1S/C25H37N3O8/c1-5-8-9-22(31)26-35-15-20(29)23(32)21(30)16-36-27-24(33)18-12-17(4)13-19(14-18)25(34)28(10-6-2)11-7-3/h1,12-14,20-21,23,29-30,32H,6-11,15-16H2,2-4H3,(H,26,31)(H,27,33)/t20?,21-,23+/m0/s1. The first kappa shape index (κ1) is 31.0. The van der Waals surface area contributed by atoms with E-state index in [1.165, 1.54) is 6.07 Å². The molecule has 0 heterocycles. The van der Waals surface area contributed by atoms with Crippen molar-refractivity contribution in [2.24, 2.45) is 0 Å². The molecule has 0 radical (unpaired) electrons. The van der Waals surface area contributed by atoms with Crippen molar-refractivity contribution in [1.29, 1.82) is 0 Å². The van der Waals surface area contributed by atoms with Gasteiger partial charge in [0.2, 0.25) is 5.91 Å². The summed E-state index contributed by atoms with van der Waals surface area (Å²) in [5.74, 6) is 0.983. The van der Waals surface area contributed by atoms with Crippen LogP contribution in [0.3, 0.4) is 0 Å². The molecule has 0 spiro atoms. The average molecular weight is 508 g/mol. The highest BCUT2D eigenvalue weighted by atomic mass is 16.7. The van der Waals surface area contributed by atoms with E-state index >= 15 is 0 Å². The Morgan fingerprint density at radius 1 is 0.972 bits per heavy atom. The molecule has 0 aliphatic heterocycles. The molecule has 1 rings (SSSR count). The van der Waals surface area contributed by atoms with Gasteiger partial charge in [-0.15, -0.1) is 12.3 Å². The van der Waals surface area contributed by atoms with E-state index in [1.807, 2.05) is 13.8 Å². The maximum absolute atomic E-state index is 12.9. The van der Waals surface area contributed by atoms with E-state index in [-0.39, 0.29) is 24.3 Å². The number of hydrogen-bond donors (Lipinski definition) is 5. The van der Waals surface area contributed by atoms with Gasteiger partial charge < -0.3 is 20.2 Å². The predicted molar refractivity (Wildman–Crippen MR) is 131 cm³/mol. The molecule has 0 saturated heterocycles. The fraction of sp³-hybridized carbons (Fsp3) is 0.560. The zero-order chi connectivity index (χ0) is 27.1. The van der Waals surface area contributed by atoms with Gasteiger partial charge in [0.25, 0.3) is 11.8 Å².